The second-order valence-corrected chi connectivity index (χ2v) is 16.9. The quantitative estimate of drug-likeness (QED) is 0.0739. The highest BCUT2D eigenvalue weighted by Crippen LogP contribution is 2.38. The summed E-state index contributed by atoms with van der Waals surface area (Å²) >= 11 is 1.82. The Labute approximate surface area is 244 Å². The molecule has 0 radical (unpaired) electrons. The van der Waals surface area contributed by atoms with E-state index in [1.54, 1.807) is 0 Å². The van der Waals surface area contributed by atoms with Gasteiger partial charge in [-0.15, -0.1) is 0 Å². The van der Waals surface area contributed by atoms with Crippen LogP contribution >= 0.6 is 11.8 Å². The van der Waals surface area contributed by atoms with Crippen molar-refractivity contribution in [2.45, 2.75) is 103 Å². The molecule has 1 atom stereocenters. The number of methoxy groups -OCH3 is 1. The van der Waals surface area contributed by atoms with Crippen molar-refractivity contribution in [2.24, 2.45) is 0 Å². The lowest BCUT2D eigenvalue weighted by Crippen LogP contribution is -2.67. The number of thioether (sulfide) groups is 1. The number of carbonyl (C=O) groups is 1. The average molecular weight is 569 g/mol. The molecule has 39 heavy (non-hydrogen) atoms. The second-order valence-electron chi connectivity index (χ2n) is 11.4. The summed E-state index contributed by atoms with van der Waals surface area (Å²) in [6.07, 6.45) is 16.3. The highest BCUT2D eigenvalue weighted by Gasteiger charge is 2.51. The Bertz CT molecular complexity index is 900. The van der Waals surface area contributed by atoms with Gasteiger partial charge in [0.2, 0.25) is 0 Å². The van der Waals surface area contributed by atoms with Crippen molar-refractivity contribution in [1.29, 1.82) is 0 Å². The Morgan fingerprint density at radius 1 is 0.872 bits per heavy atom. The second kappa shape index (κ2) is 18.5. The lowest BCUT2D eigenvalue weighted by Gasteiger charge is -2.45. The van der Waals surface area contributed by atoms with E-state index in [1.807, 2.05) is 11.8 Å². The van der Waals surface area contributed by atoms with E-state index in [-0.39, 0.29) is 17.1 Å². The van der Waals surface area contributed by atoms with Gasteiger partial charge in [0, 0.05) is 5.75 Å². The molecular formula is C34H52O3SSi. The van der Waals surface area contributed by atoms with Gasteiger partial charge in [0.25, 0.3) is 8.32 Å². The Kier molecular flexibility index (Phi) is 15.8. The Balaban J connectivity index is 2.22. The van der Waals surface area contributed by atoms with Crippen molar-refractivity contribution in [1.82, 2.24) is 0 Å². The van der Waals surface area contributed by atoms with Gasteiger partial charge >= 0.3 is 5.97 Å². The molecule has 2 aromatic rings. The Morgan fingerprint density at radius 3 is 2.03 bits per heavy atom. The Morgan fingerprint density at radius 2 is 1.46 bits per heavy atom. The predicted octanol–water partition coefficient (Wildman–Crippen LogP) is 8.31. The van der Waals surface area contributed by atoms with Gasteiger partial charge in [-0.2, -0.15) is 11.8 Å². The van der Waals surface area contributed by atoms with Crippen molar-refractivity contribution in [3.8, 4) is 0 Å². The van der Waals surface area contributed by atoms with Crippen LogP contribution in [0.5, 0.6) is 0 Å². The van der Waals surface area contributed by atoms with E-state index in [0.29, 0.717) is 6.42 Å². The van der Waals surface area contributed by atoms with Crippen molar-refractivity contribution in [2.75, 3.05) is 18.6 Å². The van der Waals surface area contributed by atoms with Gasteiger partial charge < -0.3 is 9.16 Å². The molecule has 2 aromatic carbocycles. The smallest absolute Gasteiger partial charge is 0.306 e. The molecule has 0 aromatic heterocycles. The molecule has 0 N–H and O–H groups in total. The van der Waals surface area contributed by atoms with Crippen LogP contribution in [0.15, 0.2) is 72.8 Å². The van der Waals surface area contributed by atoms with Gasteiger partial charge in [0.1, 0.15) is 0 Å². The summed E-state index contributed by atoms with van der Waals surface area (Å²) in [7, 11) is -1.16. The molecule has 2 rings (SSSR count). The highest BCUT2D eigenvalue weighted by molar-refractivity contribution is 7.99. The summed E-state index contributed by atoms with van der Waals surface area (Å²) in [6.45, 7) is 9.30. The molecule has 0 spiro atoms. The number of rotatable bonds is 19. The average Bonchev–Trinajstić information content (AvgIpc) is 2.94. The van der Waals surface area contributed by atoms with Crippen LogP contribution in [0, 0.1) is 0 Å². The van der Waals surface area contributed by atoms with E-state index in [1.165, 1.54) is 56.0 Å². The zero-order valence-corrected chi connectivity index (χ0v) is 26.9. The first kappa shape index (κ1) is 33.4. The first-order valence-electron chi connectivity index (χ1n) is 14.9. The van der Waals surface area contributed by atoms with Gasteiger partial charge in [-0.25, -0.2) is 0 Å². The van der Waals surface area contributed by atoms with E-state index in [9.17, 15) is 4.79 Å². The number of hydrogen-bond donors (Lipinski definition) is 0. The minimum atomic E-state index is -2.62. The van der Waals surface area contributed by atoms with Gasteiger partial charge in [0.15, 0.2) is 0 Å². The minimum Gasteiger partial charge on any atom is -0.469 e. The third-order valence-corrected chi connectivity index (χ3v) is 13.4. The topological polar surface area (TPSA) is 35.5 Å². The highest BCUT2D eigenvalue weighted by atomic mass is 32.2. The van der Waals surface area contributed by atoms with Crippen LogP contribution in [0.4, 0.5) is 0 Å². The molecule has 5 heteroatoms. The number of unbranched alkanes of at least 4 members (excludes halogenated alkanes) is 6. The fraction of sp³-hybridized carbons (Fsp3) is 0.559. The fourth-order valence-electron chi connectivity index (χ4n) is 5.15. The number of carbonyl (C=O) groups excluding carboxylic acids is 1. The summed E-state index contributed by atoms with van der Waals surface area (Å²) in [5, 5.41) is 2.60. The number of esters is 1. The molecule has 0 fully saturated rings. The van der Waals surface area contributed by atoms with Crippen LogP contribution < -0.4 is 10.4 Å². The molecule has 0 aliphatic rings. The number of ether oxygens (including phenoxy) is 1. The van der Waals surface area contributed by atoms with E-state index in [2.05, 4.69) is 101 Å². The van der Waals surface area contributed by atoms with Crippen LogP contribution in [0.25, 0.3) is 0 Å². The normalized spacial score (nSPS) is 13.1. The molecule has 0 aliphatic heterocycles. The standard InChI is InChI=1S/C34H52O3SSi/c1-6-7-8-9-10-11-12-13-16-21-30(26-28-38-29-27-33(35)36-5)37-39(34(2,3)4,31-22-17-14-18-23-31)32-24-19-15-20-25-32/h13-20,22-25,30H,6-12,21,26-29H2,1-5H3/b16-13-. The Hall–Kier alpha value is -1.82. The molecule has 0 aliphatic carbocycles. The zero-order valence-electron chi connectivity index (χ0n) is 25.1. The molecular weight excluding hydrogens is 517 g/mol. The maximum atomic E-state index is 11.6. The van der Waals surface area contributed by atoms with Crippen LogP contribution in [-0.2, 0) is 14.0 Å². The SMILES string of the molecule is CCCCCCCC/C=C\CC(CCSCCC(=O)OC)O[Si](c1ccccc1)(c1ccccc1)C(C)(C)C. The fourth-order valence-corrected chi connectivity index (χ4v) is 10.8. The van der Waals surface area contributed by atoms with Crippen molar-refractivity contribution >= 4 is 36.4 Å². The first-order valence-corrected chi connectivity index (χ1v) is 18.0. The minimum absolute atomic E-state index is 0.0474. The molecule has 0 amide bonds. The number of benzene rings is 2. The lowest BCUT2D eigenvalue weighted by molar-refractivity contribution is -0.140. The van der Waals surface area contributed by atoms with Crippen LogP contribution in [-0.4, -0.2) is 39.0 Å². The third kappa shape index (κ3) is 11.3. The van der Waals surface area contributed by atoms with Gasteiger partial charge in [0.05, 0.1) is 19.6 Å². The van der Waals surface area contributed by atoms with Crippen molar-refractivity contribution in [3.05, 3.63) is 72.8 Å². The molecule has 0 heterocycles. The number of hydrogen-bond acceptors (Lipinski definition) is 4. The van der Waals surface area contributed by atoms with Crippen LogP contribution in [0.2, 0.25) is 5.04 Å². The number of allylic oxidation sites excluding steroid dienone is 1. The molecule has 1 unspecified atom stereocenters. The van der Waals surface area contributed by atoms with Gasteiger partial charge in [-0.3, -0.25) is 4.79 Å². The first-order chi connectivity index (χ1) is 18.8. The molecule has 0 saturated heterocycles. The largest absolute Gasteiger partial charge is 0.469 e. The van der Waals surface area contributed by atoms with E-state index >= 15 is 0 Å². The van der Waals surface area contributed by atoms with Gasteiger partial charge in [-0.05, 0) is 46.8 Å². The molecule has 0 bridgehead atoms. The van der Waals surface area contributed by atoms with E-state index < -0.39 is 8.32 Å². The third-order valence-electron chi connectivity index (χ3n) is 7.31. The summed E-state index contributed by atoms with van der Waals surface area (Å²) in [4.78, 5) is 11.6. The lowest BCUT2D eigenvalue weighted by atomic mass is 10.1. The predicted molar refractivity (Wildman–Crippen MR) is 173 cm³/mol. The maximum Gasteiger partial charge on any atom is 0.306 e. The van der Waals surface area contributed by atoms with Crippen LogP contribution in [0.1, 0.15) is 91.9 Å². The van der Waals surface area contributed by atoms with Gasteiger partial charge in [-0.1, -0.05) is 133 Å². The zero-order chi connectivity index (χ0) is 28.4. The summed E-state index contributed by atoms with van der Waals surface area (Å²) < 4.78 is 12.3. The summed E-state index contributed by atoms with van der Waals surface area (Å²) in [5.41, 5.74) is 0. The monoisotopic (exact) mass is 568 g/mol. The molecule has 0 saturated carbocycles. The summed E-state index contributed by atoms with van der Waals surface area (Å²) in [5.74, 6) is 1.61. The molecule has 3 nitrogen and oxygen atoms in total. The van der Waals surface area contributed by atoms with Crippen LogP contribution in [0.3, 0.4) is 0 Å². The maximum absolute atomic E-state index is 11.6. The summed E-state index contributed by atoms with van der Waals surface area (Å²) in [6, 6.07) is 21.8. The van der Waals surface area contributed by atoms with E-state index in [0.717, 1.165) is 30.8 Å². The van der Waals surface area contributed by atoms with E-state index in [4.69, 9.17) is 9.16 Å². The van der Waals surface area contributed by atoms with Crippen molar-refractivity contribution in [3.63, 3.8) is 0 Å². The molecule has 216 valence electrons. The van der Waals surface area contributed by atoms with Crippen molar-refractivity contribution < 1.29 is 14.0 Å².